The van der Waals surface area contributed by atoms with E-state index in [2.05, 4.69) is 16.5 Å². The van der Waals surface area contributed by atoms with Crippen molar-refractivity contribution < 1.29 is 9.53 Å². The summed E-state index contributed by atoms with van der Waals surface area (Å²) < 4.78 is 5.42. The lowest BCUT2D eigenvalue weighted by Crippen LogP contribution is -2.35. The largest absolute Gasteiger partial charge is 0.398 e. The number of fused-ring (bicyclic) bond motifs is 1. The number of allylic oxidation sites excluding steroid dienone is 1. The second-order valence-electron chi connectivity index (χ2n) is 7.20. The topological polar surface area (TPSA) is 93.9 Å². The summed E-state index contributed by atoms with van der Waals surface area (Å²) in [7, 11) is 0. The normalized spacial score (nSPS) is 20.0. The highest BCUT2D eigenvalue weighted by atomic mass is 16.5. The van der Waals surface area contributed by atoms with Gasteiger partial charge in [-0.2, -0.15) is 0 Å². The number of aliphatic imine (C=N–C) groups is 1. The summed E-state index contributed by atoms with van der Waals surface area (Å²) in [6.45, 7) is 7.74. The Kier molecular flexibility index (Phi) is 5.29. The number of hydrogen-bond acceptors (Lipinski definition) is 6. The molecule has 0 aromatic heterocycles. The number of carbonyl (C=O) groups is 1. The number of nitrogens with two attached hydrogens (primary N) is 2. The van der Waals surface area contributed by atoms with Gasteiger partial charge in [-0.1, -0.05) is 49.0 Å². The fourth-order valence-corrected chi connectivity index (χ4v) is 3.75. The van der Waals surface area contributed by atoms with Gasteiger partial charge in [0.25, 0.3) is 0 Å². The quantitative estimate of drug-likeness (QED) is 0.784. The van der Waals surface area contributed by atoms with E-state index in [9.17, 15) is 4.79 Å². The second kappa shape index (κ2) is 8.03. The molecule has 1 aliphatic carbocycles. The molecule has 0 saturated carbocycles. The maximum atomic E-state index is 13.2. The summed E-state index contributed by atoms with van der Waals surface area (Å²) in [5.74, 6) is -0.00290. The first kappa shape index (κ1) is 19.1. The van der Waals surface area contributed by atoms with E-state index in [1.807, 2.05) is 48.5 Å². The Labute approximate surface area is 170 Å². The zero-order valence-electron chi connectivity index (χ0n) is 16.2. The van der Waals surface area contributed by atoms with Crippen LogP contribution in [-0.4, -0.2) is 42.7 Å². The molecule has 6 nitrogen and oxygen atoms in total. The third kappa shape index (κ3) is 3.85. The summed E-state index contributed by atoms with van der Waals surface area (Å²) >= 11 is 0. The van der Waals surface area contributed by atoms with Crippen molar-refractivity contribution in [2.45, 2.75) is 6.54 Å². The molecule has 0 spiro atoms. The van der Waals surface area contributed by atoms with Gasteiger partial charge in [0.15, 0.2) is 5.78 Å². The number of rotatable bonds is 4. The molecule has 0 bridgehead atoms. The first-order chi connectivity index (χ1) is 14.0. The lowest BCUT2D eigenvalue weighted by molar-refractivity contribution is 0.0342. The van der Waals surface area contributed by atoms with Crippen molar-refractivity contribution in [3.63, 3.8) is 0 Å². The molecular formula is C23H24N4O2. The summed E-state index contributed by atoms with van der Waals surface area (Å²) in [5.41, 5.74) is 16.7. The Bertz CT molecular complexity index is 1020. The number of benzene rings is 2. The van der Waals surface area contributed by atoms with Crippen molar-refractivity contribution in [3.8, 4) is 0 Å². The van der Waals surface area contributed by atoms with E-state index in [1.165, 1.54) is 0 Å². The molecule has 29 heavy (non-hydrogen) atoms. The molecular weight excluding hydrogens is 364 g/mol. The summed E-state index contributed by atoms with van der Waals surface area (Å²) in [4.78, 5) is 19.9. The molecule has 1 fully saturated rings. The van der Waals surface area contributed by atoms with Crippen LogP contribution >= 0.6 is 0 Å². The van der Waals surface area contributed by atoms with Crippen LogP contribution in [0.4, 0.5) is 0 Å². The van der Waals surface area contributed by atoms with Gasteiger partial charge in [0.05, 0.1) is 30.2 Å². The van der Waals surface area contributed by atoms with Crippen molar-refractivity contribution in [3.05, 3.63) is 88.8 Å². The SMILES string of the molecule is C=C(N)/N=C1\C(=C(/N)c2ccccc2)C(=O)c2ccc(CN3CCOCC3)cc21. The number of morpholine rings is 1. The molecule has 0 radical (unpaired) electrons. The Hall–Kier alpha value is -3.22. The van der Waals surface area contributed by atoms with Crippen LogP contribution in [0.25, 0.3) is 5.70 Å². The van der Waals surface area contributed by atoms with E-state index >= 15 is 0 Å². The number of nitrogens with zero attached hydrogens (tertiary/aromatic N) is 2. The van der Waals surface area contributed by atoms with Gasteiger partial charge in [0.1, 0.15) is 5.82 Å². The average molecular weight is 388 g/mol. The van der Waals surface area contributed by atoms with Crippen molar-refractivity contribution in [2.24, 2.45) is 16.5 Å². The fraction of sp³-hybridized carbons (Fsp3) is 0.217. The number of carbonyl (C=O) groups excluding carboxylic acids is 1. The predicted octanol–water partition coefficient (Wildman–Crippen LogP) is 2.30. The van der Waals surface area contributed by atoms with Gasteiger partial charge in [0, 0.05) is 30.8 Å². The first-order valence-electron chi connectivity index (χ1n) is 9.61. The molecule has 1 saturated heterocycles. The van der Waals surface area contributed by atoms with Gasteiger partial charge in [-0.3, -0.25) is 9.69 Å². The molecule has 2 aromatic rings. The van der Waals surface area contributed by atoms with Crippen LogP contribution in [-0.2, 0) is 11.3 Å². The first-order valence-corrected chi connectivity index (χ1v) is 9.61. The van der Waals surface area contributed by atoms with Crippen molar-refractivity contribution >= 4 is 17.2 Å². The highest BCUT2D eigenvalue weighted by Gasteiger charge is 2.34. The second-order valence-corrected chi connectivity index (χ2v) is 7.20. The third-order valence-electron chi connectivity index (χ3n) is 5.17. The van der Waals surface area contributed by atoms with Crippen LogP contribution < -0.4 is 11.5 Å². The molecule has 1 aliphatic heterocycles. The Morgan fingerprint density at radius 1 is 1.07 bits per heavy atom. The molecule has 4 rings (SSSR count). The van der Waals surface area contributed by atoms with Gasteiger partial charge < -0.3 is 16.2 Å². The Morgan fingerprint density at radius 3 is 2.48 bits per heavy atom. The molecule has 0 atom stereocenters. The Morgan fingerprint density at radius 2 is 1.79 bits per heavy atom. The highest BCUT2D eigenvalue weighted by Crippen LogP contribution is 2.32. The van der Waals surface area contributed by atoms with E-state index in [1.54, 1.807) is 0 Å². The van der Waals surface area contributed by atoms with Gasteiger partial charge in [-0.05, 0) is 17.2 Å². The molecule has 0 amide bonds. The summed E-state index contributed by atoms with van der Waals surface area (Å²) in [6, 6.07) is 15.3. The fourth-order valence-electron chi connectivity index (χ4n) is 3.75. The molecule has 4 N–H and O–H groups in total. The highest BCUT2D eigenvalue weighted by molar-refractivity contribution is 6.44. The molecule has 6 heteroatoms. The lowest BCUT2D eigenvalue weighted by atomic mass is 10.0. The monoisotopic (exact) mass is 388 g/mol. The number of ketones is 1. The third-order valence-corrected chi connectivity index (χ3v) is 5.17. The molecule has 2 aromatic carbocycles. The number of ether oxygens (including phenoxy) is 1. The zero-order chi connectivity index (χ0) is 20.4. The van der Waals surface area contributed by atoms with Crippen molar-refractivity contribution in [1.29, 1.82) is 0 Å². The van der Waals surface area contributed by atoms with Crippen LogP contribution in [0.1, 0.15) is 27.0 Å². The molecule has 1 heterocycles. The van der Waals surface area contributed by atoms with Gasteiger partial charge in [0.2, 0.25) is 0 Å². The minimum absolute atomic E-state index is 0.137. The number of Topliss-reactive ketones (excluding diaryl/α,β-unsaturated/α-hetero) is 1. The molecule has 2 aliphatic rings. The average Bonchev–Trinajstić information content (AvgIpc) is 2.99. The van der Waals surface area contributed by atoms with Crippen molar-refractivity contribution in [1.82, 2.24) is 4.90 Å². The lowest BCUT2D eigenvalue weighted by Gasteiger charge is -2.26. The van der Waals surface area contributed by atoms with Crippen LogP contribution in [0.3, 0.4) is 0 Å². The smallest absolute Gasteiger partial charge is 0.198 e. The van der Waals surface area contributed by atoms with Crippen LogP contribution in [0.15, 0.2) is 71.5 Å². The summed E-state index contributed by atoms with van der Waals surface area (Å²) in [6.07, 6.45) is 0. The van der Waals surface area contributed by atoms with E-state index in [0.717, 1.165) is 49.5 Å². The maximum Gasteiger partial charge on any atom is 0.198 e. The Balaban J connectivity index is 1.77. The van der Waals surface area contributed by atoms with Gasteiger partial charge in [-0.25, -0.2) is 4.99 Å². The van der Waals surface area contributed by atoms with Crippen molar-refractivity contribution in [2.75, 3.05) is 26.3 Å². The van der Waals surface area contributed by atoms with Crippen LogP contribution in [0.2, 0.25) is 0 Å². The van der Waals surface area contributed by atoms with E-state index < -0.39 is 0 Å². The van der Waals surface area contributed by atoms with E-state index in [4.69, 9.17) is 16.2 Å². The van der Waals surface area contributed by atoms with E-state index in [0.29, 0.717) is 22.5 Å². The predicted molar refractivity (Wildman–Crippen MR) is 114 cm³/mol. The zero-order valence-corrected chi connectivity index (χ0v) is 16.2. The molecule has 148 valence electrons. The van der Waals surface area contributed by atoms with Crippen LogP contribution in [0, 0.1) is 0 Å². The van der Waals surface area contributed by atoms with Crippen LogP contribution in [0.5, 0.6) is 0 Å². The minimum Gasteiger partial charge on any atom is -0.398 e. The van der Waals surface area contributed by atoms with Gasteiger partial charge in [-0.15, -0.1) is 0 Å². The van der Waals surface area contributed by atoms with Gasteiger partial charge >= 0.3 is 0 Å². The molecule has 0 unspecified atom stereocenters. The standard InChI is InChI=1S/C23H24N4O2/c1-15(24)26-22-19-13-16(14-27-9-11-29-12-10-27)7-8-18(19)23(28)20(22)21(25)17-5-3-2-4-6-17/h2-8,13H,1,9-12,14,24-25H2/b21-20+,26-22-. The van der Waals surface area contributed by atoms with E-state index in [-0.39, 0.29) is 11.6 Å². The number of hydrogen-bond donors (Lipinski definition) is 2. The maximum absolute atomic E-state index is 13.2. The minimum atomic E-state index is -0.140. The summed E-state index contributed by atoms with van der Waals surface area (Å²) in [5, 5.41) is 0.